The van der Waals surface area contributed by atoms with Gasteiger partial charge >= 0.3 is 0 Å². The maximum atomic E-state index is 5.89. The van der Waals surface area contributed by atoms with Crippen LogP contribution in [-0.4, -0.2) is 21.7 Å². The first-order valence-corrected chi connectivity index (χ1v) is 6.92. The van der Waals surface area contributed by atoms with Crippen molar-refractivity contribution >= 4 is 11.6 Å². The zero-order chi connectivity index (χ0) is 13.8. The second-order valence-electron chi connectivity index (χ2n) is 4.87. The van der Waals surface area contributed by atoms with E-state index in [4.69, 9.17) is 11.6 Å². The number of benzene rings is 1. The summed E-state index contributed by atoms with van der Waals surface area (Å²) in [5, 5.41) is 5.16. The van der Waals surface area contributed by atoms with Crippen LogP contribution in [0.4, 0.5) is 0 Å². The fourth-order valence-corrected chi connectivity index (χ4v) is 2.33. The second-order valence-corrected chi connectivity index (χ2v) is 5.31. The van der Waals surface area contributed by atoms with E-state index in [0.29, 0.717) is 0 Å². The zero-order valence-corrected chi connectivity index (χ0v) is 12.5. The minimum Gasteiger partial charge on any atom is -0.298 e. The van der Waals surface area contributed by atoms with E-state index < -0.39 is 0 Å². The van der Waals surface area contributed by atoms with Crippen molar-refractivity contribution in [2.75, 3.05) is 7.05 Å². The first-order chi connectivity index (χ1) is 9.10. The van der Waals surface area contributed by atoms with E-state index in [-0.39, 0.29) is 0 Å². The molecule has 0 amide bonds. The lowest BCUT2D eigenvalue weighted by molar-refractivity contribution is 0.318. The molecule has 1 aromatic heterocycles. The van der Waals surface area contributed by atoms with Crippen LogP contribution in [0.25, 0.3) is 0 Å². The topological polar surface area (TPSA) is 21.1 Å². The van der Waals surface area contributed by atoms with E-state index in [2.05, 4.69) is 43.0 Å². The average molecular weight is 278 g/mol. The Kier molecular flexibility index (Phi) is 4.61. The Morgan fingerprint density at radius 2 is 1.89 bits per heavy atom. The SMILES string of the molecule is CCn1ncc(CN(C)Cc2ccc(Cl)cc2)c1C. The minimum atomic E-state index is 0.784. The van der Waals surface area contributed by atoms with Gasteiger partial charge in [-0.05, 0) is 38.6 Å². The van der Waals surface area contributed by atoms with E-state index in [1.807, 2.05) is 23.0 Å². The summed E-state index contributed by atoms with van der Waals surface area (Å²) in [6.45, 7) is 6.98. The standard InChI is InChI=1S/C15H20ClN3/c1-4-19-12(2)14(9-17-19)11-18(3)10-13-5-7-15(16)8-6-13/h5-9H,4,10-11H2,1-3H3. The van der Waals surface area contributed by atoms with E-state index in [1.54, 1.807) is 0 Å². The van der Waals surface area contributed by atoms with Crippen LogP contribution in [0, 0.1) is 6.92 Å². The van der Waals surface area contributed by atoms with Gasteiger partial charge in [0.1, 0.15) is 0 Å². The van der Waals surface area contributed by atoms with Crippen LogP contribution in [0.5, 0.6) is 0 Å². The highest BCUT2D eigenvalue weighted by Gasteiger charge is 2.08. The van der Waals surface area contributed by atoms with Crippen LogP contribution in [0.2, 0.25) is 5.02 Å². The smallest absolute Gasteiger partial charge is 0.0537 e. The van der Waals surface area contributed by atoms with Gasteiger partial charge in [-0.1, -0.05) is 23.7 Å². The maximum Gasteiger partial charge on any atom is 0.0537 e. The van der Waals surface area contributed by atoms with Crippen LogP contribution < -0.4 is 0 Å². The lowest BCUT2D eigenvalue weighted by atomic mass is 10.2. The van der Waals surface area contributed by atoms with E-state index >= 15 is 0 Å². The summed E-state index contributed by atoms with van der Waals surface area (Å²) >= 11 is 5.89. The normalized spacial score (nSPS) is 11.2. The first kappa shape index (κ1) is 14.1. The number of nitrogens with zero attached hydrogens (tertiary/aromatic N) is 3. The molecular weight excluding hydrogens is 258 g/mol. The lowest BCUT2D eigenvalue weighted by Crippen LogP contribution is -2.17. The Morgan fingerprint density at radius 3 is 2.47 bits per heavy atom. The highest BCUT2D eigenvalue weighted by molar-refractivity contribution is 6.30. The molecule has 0 aliphatic carbocycles. The van der Waals surface area contributed by atoms with Gasteiger partial charge in [-0.3, -0.25) is 9.58 Å². The van der Waals surface area contributed by atoms with Gasteiger partial charge < -0.3 is 0 Å². The number of hydrogen-bond donors (Lipinski definition) is 0. The van der Waals surface area contributed by atoms with Crippen molar-refractivity contribution in [1.29, 1.82) is 0 Å². The summed E-state index contributed by atoms with van der Waals surface area (Å²) in [5.41, 5.74) is 3.82. The molecule has 0 aliphatic heterocycles. The minimum absolute atomic E-state index is 0.784. The Morgan fingerprint density at radius 1 is 1.21 bits per heavy atom. The molecule has 4 heteroatoms. The first-order valence-electron chi connectivity index (χ1n) is 6.54. The Hall–Kier alpha value is -1.32. The van der Waals surface area contributed by atoms with Crippen molar-refractivity contribution in [3.05, 3.63) is 52.3 Å². The van der Waals surface area contributed by atoms with Crippen molar-refractivity contribution in [2.45, 2.75) is 33.5 Å². The van der Waals surface area contributed by atoms with Gasteiger partial charge in [0, 0.05) is 35.9 Å². The molecule has 0 N–H and O–H groups in total. The molecule has 19 heavy (non-hydrogen) atoms. The summed E-state index contributed by atoms with van der Waals surface area (Å²) in [6, 6.07) is 8.01. The molecule has 0 fully saturated rings. The summed E-state index contributed by atoms with van der Waals surface area (Å²) < 4.78 is 2.03. The molecule has 102 valence electrons. The van der Waals surface area contributed by atoms with Crippen molar-refractivity contribution in [1.82, 2.24) is 14.7 Å². The highest BCUT2D eigenvalue weighted by atomic mass is 35.5. The molecule has 0 saturated carbocycles. The third-order valence-electron chi connectivity index (χ3n) is 3.31. The van der Waals surface area contributed by atoms with Crippen LogP contribution >= 0.6 is 11.6 Å². The largest absolute Gasteiger partial charge is 0.298 e. The van der Waals surface area contributed by atoms with Crippen LogP contribution in [-0.2, 0) is 19.6 Å². The fraction of sp³-hybridized carbons (Fsp3) is 0.400. The van der Waals surface area contributed by atoms with Crippen LogP contribution in [0.15, 0.2) is 30.5 Å². The summed E-state index contributed by atoms with van der Waals surface area (Å²) in [7, 11) is 2.12. The number of aromatic nitrogens is 2. The molecule has 0 atom stereocenters. The molecule has 1 aromatic carbocycles. The monoisotopic (exact) mass is 277 g/mol. The molecule has 2 aromatic rings. The van der Waals surface area contributed by atoms with Crippen LogP contribution in [0.1, 0.15) is 23.7 Å². The van der Waals surface area contributed by atoms with Gasteiger partial charge in [0.25, 0.3) is 0 Å². The molecule has 0 spiro atoms. The number of aryl methyl sites for hydroxylation is 1. The van der Waals surface area contributed by atoms with Crippen LogP contribution in [0.3, 0.4) is 0 Å². The predicted molar refractivity (Wildman–Crippen MR) is 79.3 cm³/mol. The van der Waals surface area contributed by atoms with Crippen molar-refractivity contribution in [3.63, 3.8) is 0 Å². The summed E-state index contributed by atoms with van der Waals surface area (Å²) in [6.07, 6.45) is 1.97. The van der Waals surface area contributed by atoms with Crippen molar-refractivity contribution in [2.24, 2.45) is 0 Å². The number of halogens is 1. The average Bonchev–Trinajstić information content (AvgIpc) is 2.73. The van der Waals surface area contributed by atoms with Gasteiger partial charge in [0.15, 0.2) is 0 Å². The second kappa shape index (κ2) is 6.22. The quantitative estimate of drug-likeness (QED) is 0.834. The Balaban J connectivity index is 1.99. The molecule has 2 rings (SSSR count). The molecular formula is C15H20ClN3. The van der Waals surface area contributed by atoms with E-state index in [9.17, 15) is 0 Å². The van der Waals surface area contributed by atoms with E-state index in [0.717, 1.165) is 24.7 Å². The molecule has 0 unspecified atom stereocenters. The molecule has 3 nitrogen and oxygen atoms in total. The summed E-state index contributed by atoms with van der Waals surface area (Å²) in [4.78, 5) is 2.28. The van der Waals surface area contributed by atoms with Gasteiger partial charge in [-0.15, -0.1) is 0 Å². The summed E-state index contributed by atoms with van der Waals surface area (Å²) in [5.74, 6) is 0. The van der Waals surface area contributed by atoms with E-state index in [1.165, 1.54) is 16.8 Å². The third kappa shape index (κ3) is 3.58. The molecule has 0 radical (unpaired) electrons. The number of rotatable bonds is 5. The van der Waals surface area contributed by atoms with Gasteiger partial charge in [0.05, 0.1) is 6.20 Å². The highest BCUT2D eigenvalue weighted by Crippen LogP contribution is 2.14. The zero-order valence-electron chi connectivity index (χ0n) is 11.7. The van der Waals surface area contributed by atoms with Gasteiger partial charge in [-0.2, -0.15) is 5.10 Å². The van der Waals surface area contributed by atoms with Gasteiger partial charge in [0.2, 0.25) is 0 Å². The van der Waals surface area contributed by atoms with Crippen molar-refractivity contribution in [3.8, 4) is 0 Å². The lowest BCUT2D eigenvalue weighted by Gasteiger charge is -2.16. The maximum absolute atomic E-state index is 5.89. The number of hydrogen-bond acceptors (Lipinski definition) is 2. The Bertz CT molecular complexity index is 531. The molecule has 0 bridgehead atoms. The Labute approximate surface area is 119 Å². The predicted octanol–water partition coefficient (Wildman–Crippen LogP) is 3.50. The molecule has 0 saturated heterocycles. The third-order valence-corrected chi connectivity index (χ3v) is 3.56. The fourth-order valence-electron chi connectivity index (χ4n) is 2.21. The molecule has 0 aliphatic rings. The van der Waals surface area contributed by atoms with Gasteiger partial charge in [-0.25, -0.2) is 0 Å². The molecule has 1 heterocycles. The van der Waals surface area contributed by atoms with Crippen molar-refractivity contribution < 1.29 is 0 Å².